The number of carbonyl (C=O) groups is 2. The summed E-state index contributed by atoms with van der Waals surface area (Å²) >= 11 is 0. The van der Waals surface area contributed by atoms with Gasteiger partial charge in [-0.05, 0) is 37.1 Å². The topological polar surface area (TPSA) is 198 Å². The lowest BCUT2D eigenvalue weighted by molar-refractivity contribution is -0.193. The zero-order valence-electron chi connectivity index (χ0n) is 18.5. The molecule has 0 radical (unpaired) electrons. The van der Waals surface area contributed by atoms with E-state index in [2.05, 4.69) is 20.6 Å². The number of sulfonamides is 1. The fourth-order valence-electron chi connectivity index (χ4n) is 2.30. The molecule has 1 aliphatic carbocycles. The van der Waals surface area contributed by atoms with Gasteiger partial charge in [0.15, 0.2) is 11.4 Å². The molecule has 0 spiro atoms. The zero-order chi connectivity index (χ0) is 28.9. The lowest BCUT2D eigenvalue weighted by Gasteiger charge is -2.09. The summed E-state index contributed by atoms with van der Waals surface area (Å²) in [5.74, 6) is -4.47. The Kier molecular flexibility index (Phi) is 9.11. The second kappa shape index (κ2) is 11.5. The summed E-state index contributed by atoms with van der Waals surface area (Å²) in [6.45, 7) is 0. The highest BCUT2D eigenvalue weighted by atomic mass is 32.2. The number of benzene rings is 1. The third-order valence-corrected chi connectivity index (χ3v) is 5.07. The molecular formula is C19H17F6N5O7S. The van der Waals surface area contributed by atoms with E-state index in [1.165, 1.54) is 12.1 Å². The second-order valence-electron chi connectivity index (χ2n) is 7.25. The summed E-state index contributed by atoms with van der Waals surface area (Å²) in [5, 5.41) is 25.7. The minimum atomic E-state index is -5.08. The van der Waals surface area contributed by atoms with Crippen molar-refractivity contribution in [2.45, 2.75) is 36.1 Å². The fourth-order valence-corrected chi connectivity index (χ4v) is 2.81. The molecule has 0 bridgehead atoms. The van der Waals surface area contributed by atoms with Crippen LogP contribution >= 0.6 is 0 Å². The van der Waals surface area contributed by atoms with Crippen LogP contribution in [0.15, 0.2) is 45.9 Å². The summed E-state index contributed by atoms with van der Waals surface area (Å²) in [4.78, 5) is 26.7. The molecule has 6 N–H and O–H groups in total. The molecule has 2 heterocycles. The van der Waals surface area contributed by atoms with Crippen molar-refractivity contribution in [3.63, 3.8) is 0 Å². The van der Waals surface area contributed by atoms with Crippen molar-refractivity contribution < 1.29 is 59.0 Å². The Balaban J connectivity index is 0.000000301. The molecule has 1 aromatic carbocycles. The Hall–Kier alpha value is -4.13. The van der Waals surface area contributed by atoms with Gasteiger partial charge in [-0.25, -0.2) is 28.1 Å². The largest absolute Gasteiger partial charge is 0.490 e. The number of fused-ring (bicyclic) bond motifs is 1. The van der Waals surface area contributed by atoms with Crippen molar-refractivity contribution in [1.29, 1.82) is 0 Å². The molecule has 1 saturated carbocycles. The fraction of sp³-hybridized carbons (Fsp3) is 0.263. The van der Waals surface area contributed by atoms with Gasteiger partial charge >= 0.3 is 24.3 Å². The molecule has 208 valence electrons. The van der Waals surface area contributed by atoms with E-state index >= 15 is 0 Å². The number of nitrogens with zero attached hydrogens (tertiary/aromatic N) is 2. The number of nitrogens with one attached hydrogen (secondary N) is 2. The van der Waals surface area contributed by atoms with E-state index in [4.69, 9.17) is 29.4 Å². The quantitative estimate of drug-likeness (QED) is 0.280. The van der Waals surface area contributed by atoms with E-state index in [0.29, 0.717) is 34.6 Å². The molecule has 0 aliphatic heterocycles. The van der Waals surface area contributed by atoms with Gasteiger partial charge in [0.2, 0.25) is 16.0 Å². The molecule has 0 saturated heterocycles. The SMILES string of the molecule is NS(=O)(=O)c1ccc(Nc2nc(NC3CC3)c3occc3n2)cc1.O=C(O)C(F)(F)F.O=C(O)C(F)(F)F. The summed E-state index contributed by atoms with van der Waals surface area (Å²) in [6, 6.07) is 8.27. The molecule has 12 nitrogen and oxygen atoms in total. The van der Waals surface area contributed by atoms with Gasteiger partial charge in [0.05, 0.1) is 11.2 Å². The highest BCUT2D eigenvalue weighted by molar-refractivity contribution is 7.89. The van der Waals surface area contributed by atoms with Crippen molar-refractivity contribution >= 4 is 50.5 Å². The summed E-state index contributed by atoms with van der Waals surface area (Å²) in [7, 11) is -3.71. The molecule has 1 fully saturated rings. The number of carboxylic acids is 2. The first-order valence-corrected chi connectivity index (χ1v) is 11.4. The Morgan fingerprint density at radius 3 is 1.87 bits per heavy atom. The highest BCUT2D eigenvalue weighted by Gasteiger charge is 2.38. The molecule has 3 aromatic rings. The smallest absolute Gasteiger partial charge is 0.475 e. The lowest BCUT2D eigenvalue weighted by atomic mass is 10.3. The van der Waals surface area contributed by atoms with Gasteiger partial charge in [0.25, 0.3) is 0 Å². The number of nitrogens with two attached hydrogens (primary N) is 1. The van der Waals surface area contributed by atoms with E-state index in [1.54, 1.807) is 24.5 Å². The minimum Gasteiger partial charge on any atom is -0.475 e. The number of carboxylic acid groups (broad SMARTS) is 2. The van der Waals surface area contributed by atoms with Crippen LogP contribution in [0.2, 0.25) is 0 Å². The average molecular weight is 573 g/mol. The van der Waals surface area contributed by atoms with Crippen molar-refractivity contribution in [2.75, 3.05) is 10.6 Å². The van der Waals surface area contributed by atoms with Crippen LogP contribution in [0.1, 0.15) is 12.8 Å². The first kappa shape index (κ1) is 30.1. The van der Waals surface area contributed by atoms with Gasteiger partial charge < -0.3 is 25.3 Å². The van der Waals surface area contributed by atoms with Crippen LogP contribution in [0.25, 0.3) is 11.1 Å². The van der Waals surface area contributed by atoms with Gasteiger partial charge in [-0.1, -0.05) is 0 Å². The normalized spacial score (nSPS) is 13.4. The standard InChI is InChI=1S/C15H15N5O3S.2C2HF3O2/c16-24(21,22)11-5-3-10(4-6-11)18-15-19-12-7-8-23-13(12)14(20-15)17-9-1-2-9;2*3-2(4,5)1(6)7/h3-9H,1-2H2,(H2,16,21,22)(H2,17,18,19,20);2*(H,6,7). The number of anilines is 3. The molecule has 2 aromatic heterocycles. The summed E-state index contributed by atoms with van der Waals surface area (Å²) in [5.41, 5.74) is 1.97. The van der Waals surface area contributed by atoms with Crippen LogP contribution in [-0.4, -0.2) is 58.9 Å². The second-order valence-corrected chi connectivity index (χ2v) is 8.81. The maximum absolute atomic E-state index is 11.3. The monoisotopic (exact) mass is 573 g/mol. The van der Waals surface area contributed by atoms with E-state index in [1.807, 2.05) is 0 Å². The van der Waals surface area contributed by atoms with Gasteiger partial charge in [0.1, 0.15) is 5.52 Å². The maximum Gasteiger partial charge on any atom is 0.490 e. The number of hydrogen-bond donors (Lipinski definition) is 5. The predicted molar refractivity (Wildman–Crippen MR) is 117 cm³/mol. The van der Waals surface area contributed by atoms with E-state index in [0.717, 1.165) is 12.8 Å². The number of halogens is 6. The highest BCUT2D eigenvalue weighted by Crippen LogP contribution is 2.30. The van der Waals surface area contributed by atoms with E-state index in [-0.39, 0.29) is 4.90 Å². The molecule has 4 rings (SSSR count). The number of aliphatic carboxylic acids is 2. The van der Waals surface area contributed by atoms with Crippen LogP contribution in [-0.2, 0) is 19.6 Å². The van der Waals surface area contributed by atoms with E-state index in [9.17, 15) is 34.8 Å². The van der Waals surface area contributed by atoms with Crippen LogP contribution in [0.3, 0.4) is 0 Å². The van der Waals surface area contributed by atoms with Crippen molar-refractivity contribution in [1.82, 2.24) is 9.97 Å². The number of alkyl halides is 6. The van der Waals surface area contributed by atoms with Gasteiger partial charge in [-0.15, -0.1) is 0 Å². The van der Waals surface area contributed by atoms with E-state index < -0.39 is 34.3 Å². The summed E-state index contributed by atoms with van der Waals surface area (Å²) in [6.07, 6.45) is -6.36. The van der Waals surface area contributed by atoms with Crippen LogP contribution in [0, 0.1) is 0 Å². The molecule has 0 atom stereocenters. The van der Waals surface area contributed by atoms with Crippen molar-refractivity contribution in [3.05, 3.63) is 36.6 Å². The average Bonchev–Trinajstić information content (AvgIpc) is 3.46. The number of furan rings is 1. The molecule has 38 heavy (non-hydrogen) atoms. The Morgan fingerprint density at radius 2 is 1.45 bits per heavy atom. The first-order valence-electron chi connectivity index (χ1n) is 9.90. The number of rotatable bonds is 5. The number of primary sulfonamides is 1. The maximum atomic E-state index is 11.3. The molecule has 19 heteroatoms. The first-order chi connectivity index (χ1) is 17.4. The Labute approximate surface area is 208 Å². The molecular weight excluding hydrogens is 556 g/mol. The van der Waals surface area contributed by atoms with Crippen LogP contribution < -0.4 is 15.8 Å². The summed E-state index contributed by atoms with van der Waals surface area (Å²) < 4.78 is 91.5. The Morgan fingerprint density at radius 1 is 0.947 bits per heavy atom. The zero-order valence-corrected chi connectivity index (χ0v) is 19.4. The number of hydrogen-bond acceptors (Lipinski definition) is 9. The van der Waals surface area contributed by atoms with Crippen LogP contribution in [0.5, 0.6) is 0 Å². The molecule has 1 aliphatic rings. The van der Waals surface area contributed by atoms with Gasteiger partial charge in [0, 0.05) is 17.8 Å². The van der Waals surface area contributed by atoms with Gasteiger partial charge in [-0.2, -0.15) is 31.3 Å². The molecule has 0 amide bonds. The van der Waals surface area contributed by atoms with Crippen LogP contribution in [0.4, 0.5) is 43.8 Å². The van der Waals surface area contributed by atoms with Gasteiger partial charge in [-0.3, -0.25) is 0 Å². The molecule has 0 unspecified atom stereocenters. The van der Waals surface area contributed by atoms with Crippen molar-refractivity contribution in [3.8, 4) is 0 Å². The third-order valence-electron chi connectivity index (χ3n) is 4.15. The minimum absolute atomic E-state index is 0.0512. The Bertz CT molecular complexity index is 1360. The lowest BCUT2D eigenvalue weighted by Crippen LogP contribution is -2.21. The number of aromatic nitrogens is 2. The predicted octanol–water partition coefficient (Wildman–Crippen LogP) is 3.45. The third kappa shape index (κ3) is 9.39. The van der Waals surface area contributed by atoms with Crippen molar-refractivity contribution in [2.24, 2.45) is 5.14 Å².